The Labute approximate surface area is 105 Å². The van der Waals surface area contributed by atoms with E-state index >= 15 is 0 Å². The van der Waals surface area contributed by atoms with Gasteiger partial charge in [0.1, 0.15) is 5.82 Å². The van der Waals surface area contributed by atoms with Gasteiger partial charge in [-0.25, -0.2) is 8.78 Å². The minimum atomic E-state index is -0.540. The summed E-state index contributed by atoms with van der Waals surface area (Å²) in [4.78, 5) is 0. The molecule has 100 valence electrons. The number of halogens is 2. The Morgan fingerprint density at radius 3 is 2.67 bits per heavy atom. The van der Waals surface area contributed by atoms with Gasteiger partial charge in [-0.05, 0) is 31.4 Å². The summed E-state index contributed by atoms with van der Waals surface area (Å²) in [6.45, 7) is 1.11. The van der Waals surface area contributed by atoms with Gasteiger partial charge in [0.2, 0.25) is 0 Å². The Morgan fingerprint density at radius 1 is 1.33 bits per heavy atom. The lowest BCUT2D eigenvalue weighted by Gasteiger charge is -2.32. The molecule has 1 fully saturated rings. The van der Waals surface area contributed by atoms with Crippen LogP contribution in [-0.2, 0) is 6.54 Å². The predicted octanol–water partition coefficient (Wildman–Crippen LogP) is 1.80. The maximum absolute atomic E-state index is 13.6. The highest BCUT2D eigenvalue weighted by atomic mass is 19.1. The fourth-order valence-corrected chi connectivity index (χ4v) is 2.23. The average Bonchev–Trinajstić information content (AvgIpc) is 2.30. The molecule has 0 atom stereocenters. The number of benzene rings is 1. The fraction of sp³-hybridized carbons (Fsp3) is 0.538. The molecule has 0 amide bonds. The molecular formula is C13H18F2N2O. The van der Waals surface area contributed by atoms with Gasteiger partial charge in [0.25, 0.3) is 0 Å². The van der Waals surface area contributed by atoms with Gasteiger partial charge in [-0.3, -0.25) is 0 Å². The lowest BCUT2D eigenvalue weighted by molar-refractivity contribution is 0.255. The Morgan fingerprint density at radius 2 is 2.06 bits per heavy atom. The van der Waals surface area contributed by atoms with Crippen LogP contribution in [0, 0.1) is 17.6 Å². The van der Waals surface area contributed by atoms with Gasteiger partial charge >= 0.3 is 0 Å². The van der Waals surface area contributed by atoms with Crippen LogP contribution in [0.15, 0.2) is 12.1 Å². The standard InChI is InChI=1S/C13H18F2N2O/c1-18-13-5-11(14)9(4-12(13)15)7-17-6-8-2-10(16)3-8/h4-5,8,10,17H,2-3,6-7,16H2,1H3. The molecule has 1 aromatic carbocycles. The zero-order valence-electron chi connectivity index (χ0n) is 10.4. The van der Waals surface area contributed by atoms with E-state index in [-0.39, 0.29) is 5.75 Å². The van der Waals surface area contributed by atoms with Crippen LogP contribution in [-0.4, -0.2) is 19.7 Å². The zero-order chi connectivity index (χ0) is 13.1. The summed E-state index contributed by atoms with van der Waals surface area (Å²) < 4.78 is 31.7. The minimum Gasteiger partial charge on any atom is -0.494 e. The molecule has 1 aliphatic rings. The van der Waals surface area contributed by atoms with Crippen LogP contribution in [0.1, 0.15) is 18.4 Å². The fourth-order valence-electron chi connectivity index (χ4n) is 2.23. The van der Waals surface area contributed by atoms with Crippen molar-refractivity contribution in [1.29, 1.82) is 0 Å². The van der Waals surface area contributed by atoms with Crippen LogP contribution in [0.2, 0.25) is 0 Å². The summed E-state index contributed by atoms with van der Waals surface area (Å²) in [7, 11) is 1.32. The molecule has 0 aromatic heterocycles. The van der Waals surface area contributed by atoms with Crippen molar-refractivity contribution in [2.45, 2.75) is 25.4 Å². The van der Waals surface area contributed by atoms with Crippen LogP contribution in [0.3, 0.4) is 0 Å². The maximum Gasteiger partial charge on any atom is 0.165 e. The van der Waals surface area contributed by atoms with Crippen molar-refractivity contribution in [2.24, 2.45) is 11.7 Å². The van der Waals surface area contributed by atoms with Gasteiger partial charge in [-0.2, -0.15) is 0 Å². The number of rotatable bonds is 5. The van der Waals surface area contributed by atoms with Crippen molar-refractivity contribution < 1.29 is 13.5 Å². The lowest BCUT2D eigenvalue weighted by atomic mass is 9.81. The topological polar surface area (TPSA) is 47.3 Å². The third-order valence-electron chi connectivity index (χ3n) is 3.34. The van der Waals surface area contributed by atoms with E-state index in [9.17, 15) is 8.78 Å². The van der Waals surface area contributed by atoms with E-state index in [4.69, 9.17) is 10.5 Å². The predicted molar refractivity (Wildman–Crippen MR) is 65.3 cm³/mol. The van der Waals surface area contributed by atoms with E-state index in [1.54, 1.807) is 0 Å². The first-order valence-corrected chi connectivity index (χ1v) is 6.08. The highest BCUT2D eigenvalue weighted by Crippen LogP contribution is 2.25. The zero-order valence-corrected chi connectivity index (χ0v) is 10.4. The third-order valence-corrected chi connectivity index (χ3v) is 3.34. The molecule has 0 aliphatic heterocycles. The largest absolute Gasteiger partial charge is 0.494 e. The Kier molecular flexibility index (Phi) is 4.14. The summed E-state index contributed by atoms with van der Waals surface area (Å²) in [6, 6.07) is 2.56. The molecule has 0 spiro atoms. The molecule has 0 unspecified atom stereocenters. The van der Waals surface area contributed by atoms with Gasteiger partial charge in [0.05, 0.1) is 7.11 Å². The molecule has 5 heteroatoms. The van der Waals surface area contributed by atoms with Crippen LogP contribution >= 0.6 is 0 Å². The Bertz CT molecular complexity index is 420. The van der Waals surface area contributed by atoms with E-state index in [0.29, 0.717) is 24.1 Å². The second-order valence-electron chi connectivity index (χ2n) is 4.81. The molecular weight excluding hydrogens is 238 g/mol. The summed E-state index contributed by atoms with van der Waals surface area (Å²) in [5.41, 5.74) is 5.99. The van der Waals surface area contributed by atoms with Gasteiger partial charge in [-0.1, -0.05) is 0 Å². The number of nitrogens with one attached hydrogen (secondary N) is 1. The molecule has 1 aromatic rings. The van der Waals surface area contributed by atoms with Crippen molar-refractivity contribution in [2.75, 3.05) is 13.7 Å². The first kappa shape index (κ1) is 13.2. The first-order chi connectivity index (χ1) is 8.60. The first-order valence-electron chi connectivity index (χ1n) is 6.08. The number of hydrogen-bond donors (Lipinski definition) is 2. The van der Waals surface area contributed by atoms with Gasteiger partial charge in [0, 0.05) is 24.2 Å². The molecule has 18 heavy (non-hydrogen) atoms. The second-order valence-corrected chi connectivity index (χ2v) is 4.81. The molecule has 0 saturated heterocycles. The summed E-state index contributed by atoms with van der Waals surface area (Å²) in [5, 5.41) is 3.13. The quantitative estimate of drug-likeness (QED) is 0.844. The Balaban J connectivity index is 1.87. The second kappa shape index (κ2) is 5.63. The van der Waals surface area contributed by atoms with E-state index in [2.05, 4.69) is 5.32 Å². The number of hydrogen-bond acceptors (Lipinski definition) is 3. The molecule has 0 heterocycles. The third kappa shape index (κ3) is 2.97. The van der Waals surface area contributed by atoms with Crippen LogP contribution in [0.4, 0.5) is 8.78 Å². The molecule has 1 aliphatic carbocycles. The number of nitrogens with two attached hydrogens (primary N) is 1. The summed E-state index contributed by atoms with van der Waals surface area (Å²) in [5.74, 6) is -0.500. The smallest absolute Gasteiger partial charge is 0.165 e. The van der Waals surface area contributed by atoms with Crippen molar-refractivity contribution in [1.82, 2.24) is 5.32 Å². The summed E-state index contributed by atoms with van der Waals surface area (Å²) >= 11 is 0. The number of methoxy groups -OCH3 is 1. The Hall–Kier alpha value is -1.20. The van der Waals surface area contributed by atoms with Crippen molar-refractivity contribution in [3.05, 3.63) is 29.3 Å². The van der Waals surface area contributed by atoms with Gasteiger partial charge < -0.3 is 15.8 Å². The molecule has 3 N–H and O–H groups in total. The van der Waals surface area contributed by atoms with Gasteiger partial charge in [-0.15, -0.1) is 0 Å². The highest BCUT2D eigenvalue weighted by Gasteiger charge is 2.25. The van der Waals surface area contributed by atoms with Crippen molar-refractivity contribution in [3.8, 4) is 5.75 Å². The molecule has 0 radical (unpaired) electrons. The minimum absolute atomic E-state index is 0.0683. The molecule has 0 bridgehead atoms. The monoisotopic (exact) mass is 256 g/mol. The molecule has 2 rings (SSSR count). The molecule has 1 saturated carbocycles. The summed E-state index contributed by atoms with van der Waals surface area (Å²) in [6.07, 6.45) is 2.01. The lowest BCUT2D eigenvalue weighted by Crippen LogP contribution is -2.41. The maximum atomic E-state index is 13.6. The van der Waals surface area contributed by atoms with E-state index in [0.717, 1.165) is 25.5 Å². The van der Waals surface area contributed by atoms with Crippen molar-refractivity contribution >= 4 is 0 Å². The van der Waals surface area contributed by atoms with E-state index < -0.39 is 11.6 Å². The average molecular weight is 256 g/mol. The van der Waals surface area contributed by atoms with Gasteiger partial charge in [0.15, 0.2) is 11.6 Å². The van der Waals surface area contributed by atoms with E-state index in [1.165, 1.54) is 13.2 Å². The van der Waals surface area contributed by atoms with E-state index in [1.807, 2.05) is 0 Å². The molecule has 3 nitrogen and oxygen atoms in total. The normalized spacial score (nSPS) is 22.7. The van der Waals surface area contributed by atoms with Crippen LogP contribution in [0.25, 0.3) is 0 Å². The van der Waals surface area contributed by atoms with Crippen LogP contribution < -0.4 is 15.8 Å². The number of ether oxygens (including phenoxy) is 1. The highest BCUT2D eigenvalue weighted by molar-refractivity contribution is 5.30. The SMILES string of the molecule is COc1cc(F)c(CNCC2CC(N)C2)cc1F. The van der Waals surface area contributed by atoms with Crippen LogP contribution in [0.5, 0.6) is 5.75 Å². The van der Waals surface area contributed by atoms with Crippen molar-refractivity contribution in [3.63, 3.8) is 0 Å².